The average molecular weight is 329 g/mol. The first-order valence-electron chi connectivity index (χ1n) is 7.80. The Kier molecular flexibility index (Phi) is 5.07. The zero-order valence-electron chi connectivity index (χ0n) is 14.9. The highest BCUT2D eigenvalue weighted by molar-refractivity contribution is 5.98. The van der Waals surface area contributed by atoms with E-state index in [4.69, 9.17) is 4.74 Å². The normalized spacial score (nSPS) is 11.9. The predicted octanol–water partition coefficient (Wildman–Crippen LogP) is 2.84. The number of hydrogen-bond donors (Lipinski definition) is 1. The molecule has 128 valence electrons. The summed E-state index contributed by atoms with van der Waals surface area (Å²) in [5.74, 6) is -0.897. The number of rotatable bonds is 4. The molecular formula is C18H23N3O3. The van der Waals surface area contributed by atoms with Crippen molar-refractivity contribution in [3.05, 3.63) is 46.3 Å². The first kappa shape index (κ1) is 17.7. The van der Waals surface area contributed by atoms with Gasteiger partial charge in [-0.3, -0.25) is 9.48 Å². The Morgan fingerprint density at radius 3 is 2.38 bits per heavy atom. The third-order valence-corrected chi connectivity index (χ3v) is 4.15. The lowest BCUT2D eigenvalue weighted by atomic mass is 10.1. The van der Waals surface area contributed by atoms with Crippen molar-refractivity contribution >= 4 is 17.6 Å². The van der Waals surface area contributed by atoms with Crippen molar-refractivity contribution in [2.75, 3.05) is 5.32 Å². The molecule has 1 heterocycles. The number of anilines is 1. The van der Waals surface area contributed by atoms with Crippen molar-refractivity contribution in [3.63, 3.8) is 0 Å². The molecule has 1 amide bonds. The second kappa shape index (κ2) is 6.86. The fourth-order valence-corrected chi connectivity index (χ4v) is 2.33. The topological polar surface area (TPSA) is 73.2 Å². The van der Waals surface area contributed by atoms with Gasteiger partial charge >= 0.3 is 5.97 Å². The van der Waals surface area contributed by atoms with Gasteiger partial charge < -0.3 is 10.1 Å². The number of hydrogen-bond acceptors (Lipinski definition) is 4. The van der Waals surface area contributed by atoms with E-state index in [9.17, 15) is 9.59 Å². The van der Waals surface area contributed by atoms with Crippen LogP contribution in [0.4, 0.5) is 5.69 Å². The van der Waals surface area contributed by atoms with Crippen LogP contribution in [-0.4, -0.2) is 27.8 Å². The van der Waals surface area contributed by atoms with Crippen LogP contribution < -0.4 is 5.32 Å². The minimum atomic E-state index is -0.905. The van der Waals surface area contributed by atoms with Gasteiger partial charge in [0, 0.05) is 7.05 Å². The van der Waals surface area contributed by atoms with Gasteiger partial charge in [-0.2, -0.15) is 5.10 Å². The van der Waals surface area contributed by atoms with Gasteiger partial charge in [-0.05, 0) is 57.9 Å². The zero-order chi connectivity index (χ0) is 18.0. The van der Waals surface area contributed by atoms with E-state index in [2.05, 4.69) is 10.4 Å². The predicted molar refractivity (Wildman–Crippen MR) is 92.1 cm³/mol. The van der Waals surface area contributed by atoms with Crippen molar-refractivity contribution in [3.8, 4) is 0 Å². The average Bonchev–Trinajstić information content (AvgIpc) is 2.76. The zero-order valence-corrected chi connectivity index (χ0v) is 14.9. The monoisotopic (exact) mass is 329 g/mol. The minimum Gasteiger partial charge on any atom is -0.449 e. The number of esters is 1. The molecule has 0 fully saturated rings. The summed E-state index contributed by atoms with van der Waals surface area (Å²) in [5, 5.41) is 7.02. The third kappa shape index (κ3) is 3.64. The molecule has 0 aliphatic rings. The molecule has 0 aliphatic carbocycles. The van der Waals surface area contributed by atoms with Crippen LogP contribution in [0.3, 0.4) is 0 Å². The Bertz CT molecular complexity index is 793. The van der Waals surface area contributed by atoms with Gasteiger partial charge in [-0.25, -0.2) is 4.79 Å². The number of carbonyl (C=O) groups is 2. The molecule has 1 aromatic carbocycles. The van der Waals surface area contributed by atoms with Crippen molar-refractivity contribution in [1.82, 2.24) is 9.78 Å². The summed E-state index contributed by atoms with van der Waals surface area (Å²) >= 11 is 0. The van der Waals surface area contributed by atoms with Crippen LogP contribution in [0.1, 0.15) is 39.8 Å². The van der Waals surface area contributed by atoms with E-state index >= 15 is 0 Å². The molecule has 0 radical (unpaired) electrons. The fourth-order valence-electron chi connectivity index (χ4n) is 2.33. The van der Waals surface area contributed by atoms with Crippen LogP contribution in [0.2, 0.25) is 0 Å². The van der Waals surface area contributed by atoms with Crippen molar-refractivity contribution in [1.29, 1.82) is 0 Å². The van der Waals surface area contributed by atoms with Gasteiger partial charge in [0.15, 0.2) is 6.10 Å². The molecule has 6 nitrogen and oxygen atoms in total. The number of benzene rings is 1. The number of ether oxygens (including phenoxy) is 1. The maximum Gasteiger partial charge on any atom is 0.338 e. The lowest BCUT2D eigenvalue weighted by molar-refractivity contribution is -0.123. The smallest absolute Gasteiger partial charge is 0.338 e. The summed E-state index contributed by atoms with van der Waals surface area (Å²) < 4.78 is 6.96. The Morgan fingerprint density at radius 1 is 1.17 bits per heavy atom. The maximum absolute atomic E-state index is 12.3. The number of aryl methyl sites for hydroxylation is 4. The highest BCUT2D eigenvalue weighted by Gasteiger charge is 2.21. The van der Waals surface area contributed by atoms with Crippen molar-refractivity contribution < 1.29 is 14.3 Å². The highest BCUT2D eigenvalue weighted by Crippen LogP contribution is 2.19. The van der Waals surface area contributed by atoms with Gasteiger partial charge in [0.2, 0.25) is 0 Å². The van der Waals surface area contributed by atoms with E-state index in [1.165, 1.54) is 0 Å². The number of amides is 1. The quantitative estimate of drug-likeness (QED) is 0.876. The molecule has 0 aliphatic heterocycles. The summed E-state index contributed by atoms with van der Waals surface area (Å²) in [6.07, 6.45) is -0.905. The van der Waals surface area contributed by atoms with E-state index in [0.717, 1.165) is 22.5 Å². The van der Waals surface area contributed by atoms with Gasteiger partial charge in [-0.15, -0.1) is 0 Å². The van der Waals surface area contributed by atoms with Crippen LogP contribution in [0, 0.1) is 27.7 Å². The molecular weight excluding hydrogens is 306 g/mol. The molecule has 1 N–H and O–H groups in total. The number of aromatic nitrogens is 2. The van der Waals surface area contributed by atoms with Crippen molar-refractivity contribution in [2.45, 2.75) is 40.7 Å². The summed E-state index contributed by atoms with van der Waals surface area (Å²) in [6, 6.07) is 5.32. The van der Waals surface area contributed by atoms with E-state index in [-0.39, 0.29) is 5.91 Å². The van der Waals surface area contributed by atoms with Crippen LogP contribution in [-0.2, 0) is 16.6 Å². The number of nitrogens with one attached hydrogen (secondary N) is 1. The van der Waals surface area contributed by atoms with Gasteiger partial charge in [-0.1, -0.05) is 6.07 Å². The summed E-state index contributed by atoms with van der Waals surface area (Å²) in [7, 11) is 1.81. The Morgan fingerprint density at radius 2 is 1.83 bits per heavy atom. The first-order valence-corrected chi connectivity index (χ1v) is 7.80. The summed E-state index contributed by atoms with van der Waals surface area (Å²) in [6.45, 7) is 9.13. The summed E-state index contributed by atoms with van der Waals surface area (Å²) in [5.41, 5.74) is 4.75. The third-order valence-electron chi connectivity index (χ3n) is 4.15. The van der Waals surface area contributed by atoms with E-state index in [1.807, 2.05) is 33.8 Å². The van der Waals surface area contributed by atoms with E-state index < -0.39 is 12.1 Å². The molecule has 1 aromatic heterocycles. The van der Waals surface area contributed by atoms with Crippen LogP contribution in [0.25, 0.3) is 0 Å². The molecule has 1 atom stereocenters. The molecule has 0 saturated heterocycles. The molecule has 6 heteroatoms. The lowest BCUT2D eigenvalue weighted by Crippen LogP contribution is -2.30. The van der Waals surface area contributed by atoms with Crippen LogP contribution in [0.5, 0.6) is 0 Å². The van der Waals surface area contributed by atoms with E-state index in [0.29, 0.717) is 11.3 Å². The fraction of sp³-hybridized carbons (Fsp3) is 0.389. The molecule has 2 rings (SSSR count). The number of nitrogens with zero attached hydrogens (tertiary/aromatic N) is 2. The molecule has 0 unspecified atom stereocenters. The molecule has 0 saturated carbocycles. The van der Waals surface area contributed by atoms with Gasteiger partial charge in [0.05, 0.1) is 22.6 Å². The minimum absolute atomic E-state index is 0.383. The lowest BCUT2D eigenvalue weighted by Gasteiger charge is -2.14. The standard InChI is InChI=1S/C18H23N3O3/c1-10-7-8-15(9-11(10)2)18(23)24-14(5)17(22)19-16-12(3)20-21(6)13(16)4/h7-9,14H,1-6H3,(H,19,22)/t14-/m0/s1. The van der Waals surface area contributed by atoms with Gasteiger partial charge in [0.1, 0.15) is 0 Å². The second-order valence-corrected chi connectivity index (χ2v) is 6.01. The maximum atomic E-state index is 12.3. The first-order chi connectivity index (χ1) is 11.2. The SMILES string of the molecule is Cc1ccc(C(=O)O[C@@H](C)C(=O)Nc2c(C)nn(C)c2C)cc1C. The van der Waals surface area contributed by atoms with Crippen LogP contribution in [0.15, 0.2) is 18.2 Å². The Balaban J connectivity index is 2.05. The molecule has 2 aromatic rings. The molecule has 0 bridgehead atoms. The van der Waals surface area contributed by atoms with Crippen LogP contribution >= 0.6 is 0 Å². The van der Waals surface area contributed by atoms with E-state index in [1.54, 1.807) is 30.8 Å². The highest BCUT2D eigenvalue weighted by atomic mass is 16.5. The Labute approximate surface area is 141 Å². The summed E-state index contributed by atoms with van der Waals surface area (Å²) in [4.78, 5) is 24.5. The molecule has 24 heavy (non-hydrogen) atoms. The van der Waals surface area contributed by atoms with Crippen molar-refractivity contribution in [2.24, 2.45) is 7.05 Å². The van der Waals surface area contributed by atoms with Gasteiger partial charge in [0.25, 0.3) is 5.91 Å². The second-order valence-electron chi connectivity index (χ2n) is 6.01. The Hall–Kier alpha value is -2.63. The molecule has 0 spiro atoms. The number of carbonyl (C=O) groups excluding carboxylic acids is 2. The largest absolute Gasteiger partial charge is 0.449 e.